The maximum absolute atomic E-state index is 6.07. The van der Waals surface area contributed by atoms with Gasteiger partial charge in [-0.05, 0) is 55.0 Å². The van der Waals surface area contributed by atoms with Gasteiger partial charge in [0.1, 0.15) is 5.75 Å². The molecule has 1 fully saturated rings. The molecule has 0 atom stereocenters. The molecule has 2 aromatic carbocycles. The summed E-state index contributed by atoms with van der Waals surface area (Å²) in [6.07, 6.45) is 2.55. The SMILES string of the molecule is CN=C(NCc1cc(OC)c(OC)c(OC)c1)NCc1ccc(C)cc1OCC1CC1.I. The molecule has 0 spiro atoms. The van der Waals surface area contributed by atoms with Crippen molar-refractivity contribution in [1.82, 2.24) is 10.6 Å². The van der Waals surface area contributed by atoms with Gasteiger partial charge in [0.15, 0.2) is 17.5 Å². The summed E-state index contributed by atoms with van der Waals surface area (Å²) < 4.78 is 22.3. The number of halogens is 1. The molecule has 1 saturated carbocycles. The summed E-state index contributed by atoms with van der Waals surface area (Å²) in [6, 6.07) is 10.2. The average molecular weight is 555 g/mol. The molecule has 1 aliphatic carbocycles. The van der Waals surface area contributed by atoms with Gasteiger partial charge in [-0.1, -0.05) is 12.1 Å². The molecule has 2 aromatic rings. The maximum atomic E-state index is 6.07. The molecule has 32 heavy (non-hydrogen) atoms. The topological polar surface area (TPSA) is 73.3 Å². The lowest BCUT2D eigenvalue weighted by Crippen LogP contribution is -2.36. The van der Waals surface area contributed by atoms with Gasteiger partial charge in [0.05, 0.1) is 27.9 Å². The van der Waals surface area contributed by atoms with Crippen molar-refractivity contribution < 1.29 is 18.9 Å². The lowest BCUT2D eigenvalue weighted by Gasteiger charge is -2.17. The first-order valence-electron chi connectivity index (χ1n) is 10.5. The summed E-state index contributed by atoms with van der Waals surface area (Å²) in [4.78, 5) is 4.33. The number of guanidine groups is 1. The molecular formula is C24H34IN3O4. The van der Waals surface area contributed by atoms with Crippen LogP contribution in [0.2, 0.25) is 0 Å². The van der Waals surface area contributed by atoms with Gasteiger partial charge in [-0.3, -0.25) is 4.99 Å². The van der Waals surface area contributed by atoms with Gasteiger partial charge in [0.25, 0.3) is 0 Å². The van der Waals surface area contributed by atoms with E-state index in [1.807, 2.05) is 12.1 Å². The molecule has 1 aliphatic rings. The first kappa shape index (κ1) is 25.9. The van der Waals surface area contributed by atoms with E-state index in [2.05, 4.69) is 40.7 Å². The summed E-state index contributed by atoms with van der Waals surface area (Å²) in [5, 5.41) is 6.70. The minimum atomic E-state index is 0. The van der Waals surface area contributed by atoms with Crippen molar-refractivity contribution in [3.8, 4) is 23.0 Å². The lowest BCUT2D eigenvalue weighted by molar-refractivity contribution is 0.296. The summed E-state index contributed by atoms with van der Waals surface area (Å²) in [6.45, 7) is 4.05. The van der Waals surface area contributed by atoms with Gasteiger partial charge in [-0.25, -0.2) is 0 Å². The predicted octanol–water partition coefficient (Wildman–Crippen LogP) is 4.29. The first-order chi connectivity index (χ1) is 15.1. The Morgan fingerprint density at radius 1 is 0.938 bits per heavy atom. The van der Waals surface area contributed by atoms with Crippen molar-refractivity contribution in [2.75, 3.05) is 35.0 Å². The molecule has 0 radical (unpaired) electrons. The number of ether oxygens (including phenoxy) is 4. The van der Waals surface area contributed by atoms with E-state index in [-0.39, 0.29) is 24.0 Å². The van der Waals surface area contributed by atoms with Crippen LogP contribution in [0.15, 0.2) is 35.3 Å². The second-order valence-electron chi connectivity index (χ2n) is 7.68. The molecule has 7 nitrogen and oxygen atoms in total. The van der Waals surface area contributed by atoms with E-state index in [9.17, 15) is 0 Å². The predicted molar refractivity (Wildman–Crippen MR) is 138 cm³/mol. The van der Waals surface area contributed by atoms with Crippen LogP contribution in [0.5, 0.6) is 23.0 Å². The highest BCUT2D eigenvalue weighted by Crippen LogP contribution is 2.38. The molecule has 0 amide bonds. The molecule has 3 rings (SSSR count). The van der Waals surface area contributed by atoms with Crippen molar-refractivity contribution in [2.45, 2.75) is 32.9 Å². The van der Waals surface area contributed by atoms with Crippen LogP contribution in [0.3, 0.4) is 0 Å². The van der Waals surface area contributed by atoms with Crippen molar-refractivity contribution in [3.05, 3.63) is 47.0 Å². The highest BCUT2D eigenvalue weighted by Gasteiger charge is 2.22. The smallest absolute Gasteiger partial charge is 0.203 e. The number of aliphatic imine (C=N–C) groups is 1. The second-order valence-corrected chi connectivity index (χ2v) is 7.68. The van der Waals surface area contributed by atoms with Gasteiger partial charge in [0, 0.05) is 25.7 Å². The molecular weight excluding hydrogens is 521 g/mol. The van der Waals surface area contributed by atoms with Gasteiger partial charge >= 0.3 is 0 Å². The van der Waals surface area contributed by atoms with E-state index in [0.29, 0.717) is 42.2 Å². The van der Waals surface area contributed by atoms with Crippen LogP contribution in [0.4, 0.5) is 0 Å². The molecule has 176 valence electrons. The third-order valence-corrected chi connectivity index (χ3v) is 5.25. The van der Waals surface area contributed by atoms with E-state index < -0.39 is 0 Å². The summed E-state index contributed by atoms with van der Waals surface area (Å²) in [5.74, 6) is 4.18. The van der Waals surface area contributed by atoms with E-state index in [1.165, 1.54) is 18.4 Å². The number of aryl methyl sites for hydroxylation is 1. The Kier molecular flexibility index (Phi) is 10.2. The third kappa shape index (κ3) is 7.08. The van der Waals surface area contributed by atoms with Crippen molar-refractivity contribution >= 4 is 29.9 Å². The first-order valence-corrected chi connectivity index (χ1v) is 10.5. The van der Waals surface area contributed by atoms with E-state index in [1.54, 1.807) is 28.4 Å². The maximum Gasteiger partial charge on any atom is 0.203 e. The number of hydrogen-bond acceptors (Lipinski definition) is 5. The number of rotatable bonds is 10. The molecule has 0 unspecified atom stereocenters. The fourth-order valence-electron chi connectivity index (χ4n) is 3.26. The van der Waals surface area contributed by atoms with Crippen LogP contribution in [0.1, 0.15) is 29.5 Å². The monoisotopic (exact) mass is 555 g/mol. The zero-order valence-electron chi connectivity index (χ0n) is 19.5. The number of hydrogen-bond donors (Lipinski definition) is 2. The van der Waals surface area contributed by atoms with Crippen molar-refractivity contribution in [3.63, 3.8) is 0 Å². The highest BCUT2D eigenvalue weighted by atomic mass is 127. The van der Waals surface area contributed by atoms with E-state index in [0.717, 1.165) is 23.5 Å². The Balaban J connectivity index is 0.00000363. The average Bonchev–Trinajstić information content (AvgIpc) is 3.62. The fraction of sp³-hybridized carbons (Fsp3) is 0.458. The van der Waals surface area contributed by atoms with Crippen LogP contribution in [-0.4, -0.2) is 40.9 Å². The molecule has 2 N–H and O–H groups in total. The molecule has 0 aromatic heterocycles. The Bertz CT molecular complexity index is 891. The zero-order chi connectivity index (χ0) is 22.2. The Morgan fingerprint density at radius 2 is 1.59 bits per heavy atom. The highest BCUT2D eigenvalue weighted by molar-refractivity contribution is 14.0. The van der Waals surface area contributed by atoms with E-state index in [4.69, 9.17) is 18.9 Å². The van der Waals surface area contributed by atoms with Crippen LogP contribution in [-0.2, 0) is 13.1 Å². The van der Waals surface area contributed by atoms with Crippen LogP contribution in [0, 0.1) is 12.8 Å². The largest absolute Gasteiger partial charge is 0.493 e. The molecule has 8 heteroatoms. The van der Waals surface area contributed by atoms with Gasteiger partial charge in [0.2, 0.25) is 5.75 Å². The molecule has 0 saturated heterocycles. The molecule has 0 bridgehead atoms. The number of methoxy groups -OCH3 is 3. The van der Waals surface area contributed by atoms with Gasteiger partial charge in [-0.2, -0.15) is 0 Å². The minimum absolute atomic E-state index is 0. The lowest BCUT2D eigenvalue weighted by atomic mass is 10.1. The Hall–Kier alpha value is -2.36. The van der Waals surface area contributed by atoms with Gasteiger partial charge in [-0.15, -0.1) is 24.0 Å². The molecule has 0 aliphatic heterocycles. The van der Waals surface area contributed by atoms with Crippen LogP contribution in [0.25, 0.3) is 0 Å². The van der Waals surface area contributed by atoms with Crippen molar-refractivity contribution in [1.29, 1.82) is 0 Å². The third-order valence-electron chi connectivity index (χ3n) is 5.25. The van der Waals surface area contributed by atoms with Crippen molar-refractivity contribution in [2.24, 2.45) is 10.9 Å². The summed E-state index contributed by atoms with van der Waals surface area (Å²) >= 11 is 0. The minimum Gasteiger partial charge on any atom is -0.493 e. The number of nitrogens with zero attached hydrogens (tertiary/aromatic N) is 1. The fourth-order valence-corrected chi connectivity index (χ4v) is 3.26. The zero-order valence-corrected chi connectivity index (χ0v) is 21.8. The normalized spacial score (nSPS) is 13.1. The number of nitrogens with one attached hydrogen (secondary N) is 2. The summed E-state index contributed by atoms with van der Waals surface area (Å²) in [5.41, 5.74) is 3.29. The van der Waals surface area contributed by atoms with Crippen LogP contribution >= 0.6 is 24.0 Å². The van der Waals surface area contributed by atoms with Gasteiger partial charge < -0.3 is 29.6 Å². The van der Waals surface area contributed by atoms with Crippen LogP contribution < -0.4 is 29.6 Å². The quantitative estimate of drug-likeness (QED) is 0.259. The van der Waals surface area contributed by atoms with E-state index >= 15 is 0 Å². The Morgan fingerprint density at radius 3 is 2.16 bits per heavy atom. The number of benzene rings is 2. The summed E-state index contributed by atoms with van der Waals surface area (Å²) in [7, 11) is 6.57. The standard InChI is InChI=1S/C24H33N3O4.HI/c1-16-6-9-19(20(10-16)31-15-17-7-8-17)14-27-24(25-2)26-13-18-11-21(28-3)23(30-5)22(12-18)29-4;/h6,9-12,17H,7-8,13-15H2,1-5H3,(H2,25,26,27);1H. The second kappa shape index (κ2) is 12.6. The molecule has 0 heterocycles. The Labute approximate surface area is 207 Å².